The second-order valence-electron chi connectivity index (χ2n) is 4.39. The molecule has 0 saturated heterocycles. The normalized spacial score (nSPS) is 10.7. The second kappa shape index (κ2) is 8.59. The lowest BCUT2D eigenvalue weighted by Gasteiger charge is -2.16. The molecule has 1 rings (SSSR count). The van der Waals surface area contributed by atoms with Crippen LogP contribution < -0.4 is 5.32 Å². The van der Waals surface area contributed by atoms with Gasteiger partial charge in [0.05, 0.1) is 18.2 Å². The summed E-state index contributed by atoms with van der Waals surface area (Å²) in [7, 11) is 3.70. The van der Waals surface area contributed by atoms with Crippen LogP contribution in [0.5, 0.6) is 0 Å². The highest BCUT2D eigenvalue weighted by Gasteiger charge is 2.03. The Morgan fingerprint density at radius 2 is 2.21 bits per heavy atom. The van der Waals surface area contributed by atoms with Gasteiger partial charge in [-0.05, 0) is 30.8 Å². The molecule has 0 aliphatic heterocycles. The van der Waals surface area contributed by atoms with Gasteiger partial charge in [-0.1, -0.05) is 0 Å². The number of rotatable bonds is 8. The molecular weight excluding hydrogens is 245 g/mol. The lowest BCUT2D eigenvalue weighted by molar-refractivity contribution is 0.161. The minimum Gasteiger partial charge on any atom is -0.383 e. The van der Waals surface area contributed by atoms with Crippen LogP contribution in [0.25, 0.3) is 0 Å². The third kappa shape index (κ3) is 5.79. The summed E-state index contributed by atoms with van der Waals surface area (Å²) >= 11 is 0. The number of nitrogens with one attached hydrogen (secondary N) is 1. The molecule has 0 unspecified atom stereocenters. The van der Waals surface area contributed by atoms with E-state index in [0.717, 1.165) is 19.6 Å². The Bertz CT molecular complexity index is 431. The maximum atomic E-state index is 13.1. The molecule has 1 aromatic rings. The average molecular weight is 265 g/mol. The van der Waals surface area contributed by atoms with Crippen molar-refractivity contribution >= 4 is 0 Å². The Hall–Kier alpha value is -1.48. The van der Waals surface area contributed by atoms with Crippen molar-refractivity contribution in [2.24, 2.45) is 0 Å². The van der Waals surface area contributed by atoms with Crippen molar-refractivity contribution in [3.8, 4) is 6.07 Å². The van der Waals surface area contributed by atoms with E-state index in [0.29, 0.717) is 24.3 Å². The van der Waals surface area contributed by atoms with E-state index in [-0.39, 0.29) is 5.82 Å². The van der Waals surface area contributed by atoms with Crippen LogP contribution in [0.3, 0.4) is 0 Å². The summed E-state index contributed by atoms with van der Waals surface area (Å²) in [5.41, 5.74) is 1.21. The van der Waals surface area contributed by atoms with Crippen molar-refractivity contribution in [1.29, 1.82) is 5.26 Å². The SMILES string of the molecule is COCCN(C)CCNCc1cc(F)ccc1C#N. The van der Waals surface area contributed by atoms with Crippen molar-refractivity contribution in [1.82, 2.24) is 10.2 Å². The fourth-order valence-corrected chi connectivity index (χ4v) is 1.67. The zero-order valence-electron chi connectivity index (χ0n) is 11.4. The van der Waals surface area contributed by atoms with E-state index in [1.807, 2.05) is 7.05 Å². The first-order valence-corrected chi connectivity index (χ1v) is 6.24. The molecule has 0 aliphatic carbocycles. The molecule has 0 spiro atoms. The molecule has 5 heteroatoms. The number of halogens is 1. The number of ether oxygens (including phenoxy) is 1. The molecule has 1 N–H and O–H groups in total. The molecular formula is C14H20FN3O. The predicted octanol–water partition coefficient (Wildman–Crippen LogP) is 1.37. The van der Waals surface area contributed by atoms with Gasteiger partial charge in [-0.25, -0.2) is 4.39 Å². The van der Waals surface area contributed by atoms with Gasteiger partial charge in [0.1, 0.15) is 5.82 Å². The maximum Gasteiger partial charge on any atom is 0.123 e. The number of nitriles is 1. The average Bonchev–Trinajstić information content (AvgIpc) is 2.41. The molecule has 0 bridgehead atoms. The predicted molar refractivity (Wildman–Crippen MR) is 72.2 cm³/mol. The van der Waals surface area contributed by atoms with Gasteiger partial charge in [-0.3, -0.25) is 0 Å². The maximum absolute atomic E-state index is 13.1. The molecule has 4 nitrogen and oxygen atoms in total. The second-order valence-corrected chi connectivity index (χ2v) is 4.39. The monoisotopic (exact) mass is 265 g/mol. The molecule has 19 heavy (non-hydrogen) atoms. The van der Waals surface area contributed by atoms with Gasteiger partial charge in [-0.2, -0.15) is 5.26 Å². The molecule has 0 aliphatic rings. The molecule has 0 amide bonds. The number of nitrogens with zero attached hydrogens (tertiary/aromatic N) is 2. The van der Waals surface area contributed by atoms with E-state index in [2.05, 4.69) is 16.3 Å². The quantitative estimate of drug-likeness (QED) is 0.721. The fraction of sp³-hybridized carbons (Fsp3) is 0.500. The van der Waals surface area contributed by atoms with Crippen LogP contribution in [0.4, 0.5) is 4.39 Å². The van der Waals surface area contributed by atoms with Crippen LogP contribution >= 0.6 is 0 Å². The van der Waals surface area contributed by atoms with Gasteiger partial charge in [-0.15, -0.1) is 0 Å². The van der Waals surface area contributed by atoms with E-state index in [4.69, 9.17) is 10.00 Å². The van der Waals surface area contributed by atoms with Crippen LogP contribution in [0.2, 0.25) is 0 Å². The number of likely N-dealkylation sites (N-methyl/N-ethyl adjacent to an activating group) is 1. The van der Waals surface area contributed by atoms with E-state index in [1.165, 1.54) is 18.2 Å². The Balaban J connectivity index is 2.33. The van der Waals surface area contributed by atoms with Crippen molar-refractivity contribution < 1.29 is 9.13 Å². The molecule has 0 radical (unpaired) electrons. The van der Waals surface area contributed by atoms with Crippen molar-refractivity contribution in [2.75, 3.05) is 40.4 Å². The molecule has 1 aromatic carbocycles. The minimum absolute atomic E-state index is 0.312. The van der Waals surface area contributed by atoms with Gasteiger partial charge in [0.2, 0.25) is 0 Å². The van der Waals surface area contributed by atoms with E-state index in [1.54, 1.807) is 7.11 Å². The highest BCUT2D eigenvalue weighted by molar-refractivity contribution is 5.37. The smallest absolute Gasteiger partial charge is 0.123 e. The third-order valence-electron chi connectivity index (χ3n) is 2.85. The highest BCUT2D eigenvalue weighted by atomic mass is 19.1. The van der Waals surface area contributed by atoms with Crippen molar-refractivity contribution in [2.45, 2.75) is 6.54 Å². The number of benzene rings is 1. The van der Waals surface area contributed by atoms with Crippen LogP contribution in [-0.4, -0.2) is 45.3 Å². The third-order valence-corrected chi connectivity index (χ3v) is 2.85. The highest BCUT2D eigenvalue weighted by Crippen LogP contribution is 2.09. The van der Waals surface area contributed by atoms with E-state index in [9.17, 15) is 4.39 Å². The molecule has 0 saturated carbocycles. The van der Waals surface area contributed by atoms with Gasteiger partial charge in [0, 0.05) is 33.3 Å². The van der Waals surface area contributed by atoms with Crippen LogP contribution in [0, 0.1) is 17.1 Å². The Morgan fingerprint density at radius 1 is 1.42 bits per heavy atom. The summed E-state index contributed by atoms with van der Waals surface area (Å²) in [5, 5.41) is 12.1. The fourth-order valence-electron chi connectivity index (χ4n) is 1.67. The first kappa shape index (κ1) is 15.6. The first-order chi connectivity index (χ1) is 9.17. The standard InChI is InChI=1S/C14H20FN3O/c1-18(7-8-19-2)6-5-17-11-13-9-14(15)4-3-12(13)10-16/h3-4,9,17H,5-8,11H2,1-2H3. The molecule has 0 atom stereocenters. The summed E-state index contributed by atoms with van der Waals surface area (Å²) in [4.78, 5) is 2.15. The zero-order valence-corrected chi connectivity index (χ0v) is 11.4. The van der Waals surface area contributed by atoms with E-state index < -0.39 is 0 Å². The first-order valence-electron chi connectivity index (χ1n) is 6.24. The minimum atomic E-state index is -0.312. The van der Waals surface area contributed by atoms with Gasteiger partial charge in [0.15, 0.2) is 0 Å². The Morgan fingerprint density at radius 3 is 2.89 bits per heavy atom. The van der Waals surface area contributed by atoms with Crippen molar-refractivity contribution in [3.63, 3.8) is 0 Å². The van der Waals surface area contributed by atoms with Gasteiger partial charge < -0.3 is 15.0 Å². The molecule has 0 aromatic heterocycles. The Kier molecular flexibility index (Phi) is 7.04. The van der Waals surface area contributed by atoms with Gasteiger partial charge >= 0.3 is 0 Å². The van der Waals surface area contributed by atoms with Gasteiger partial charge in [0.25, 0.3) is 0 Å². The molecule has 104 valence electrons. The molecule has 0 fully saturated rings. The number of hydrogen-bond acceptors (Lipinski definition) is 4. The largest absolute Gasteiger partial charge is 0.383 e. The van der Waals surface area contributed by atoms with Crippen LogP contribution in [0.15, 0.2) is 18.2 Å². The number of hydrogen-bond donors (Lipinski definition) is 1. The van der Waals surface area contributed by atoms with Crippen LogP contribution in [-0.2, 0) is 11.3 Å². The lowest BCUT2D eigenvalue weighted by atomic mass is 10.1. The summed E-state index contributed by atoms with van der Waals surface area (Å²) in [6.07, 6.45) is 0. The summed E-state index contributed by atoms with van der Waals surface area (Å²) < 4.78 is 18.1. The Labute approximate surface area is 113 Å². The summed E-state index contributed by atoms with van der Waals surface area (Å²) in [5.74, 6) is -0.312. The molecule has 0 heterocycles. The lowest BCUT2D eigenvalue weighted by Crippen LogP contribution is -2.31. The summed E-state index contributed by atoms with van der Waals surface area (Å²) in [6.45, 7) is 3.74. The zero-order chi connectivity index (χ0) is 14.1. The summed E-state index contributed by atoms with van der Waals surface area (Å²) in [6, 6.07) is 6.29. The van der Waals surface area contributed by atoms with Crippen molar-refractivity contribution in [3.05, 3.63) is 35.1 Å². The van der Waals surface area contributed by atoms with E-state index >= 15 is 0 Å². The topological polar surface area (TPSA) is 48.3 Å². The van der Waals surface area contributed by atoms with Crippen LogP contribution in [0.1, 0.15) is 11.1 Å². The number of methoxy groups -OCH3 is 1.